The molecule has 1 aliphatic heterocycles. The second-order valence-electron chi connectivity index (χ2n) is 4.58. The molecule has 82 valence electrons. The third kappa shape index (κ3) is 1.79. The lowest BCUT2D eigenvalue weighted by molar-refractivity contribution is -0.122. The van der Waals surface area contributed by atoms with E-state index in [0.29, 0.717) is 12.8 Å². The highest BCUT2D eigenvalue weighted by atomic mass is 19.2. The monoisotopic (exact) mass is 203 g/mol. The van der Waals surface area contributed by atoms with Crippen molar-refractivity contribution in [2.24, 2.45) is 0 Å². The molecular formula is C11H19F2N. The minimum Gasteiger partial charge on any atom is -0.269 e. The molecule has 0 aromatic heterocycles. The third-order valence-corrected chi connectivity index (χ3v) is 3.60. The van der Waals surface area contributed by atoms with Crippen molar-refractivity contribution < 1.29 is 8.78 Å². The number of rotatable bonds is 1. The van der Waals surface area contributed by atoms with Crippen molar-refractivity contribution in [1.29, 1.82) is 0 Å². The average Bonchev–Trinajstić information content (AvgIpc) is 2.24. The first-order chi connectivity index (χ1) is 6.73. The Morgan fingerprint density at radius 2 is 1.71 bits per heavy atom. The summed E-state index contributed by atoms with van der Waals surface area (Å²) in [5, 5.41) is 0. The second kappa shape index (κ2) is 4.13. The molecule has 0 radical (unpaired) electrons. The van der Waals surface area contributed by atoms with Gasteiger partial charge in [-0.2, -0.15) is 0 Å². The molecule has 2 fully saturated rings. The number of halogens is 2. The largest absolute Gasteiger partial charge is 0.269 e. The van der Waals surface area contributed by atoms with Gasteiger partial charge in [0.15, 0.2) is 5.79 Å². The zero-order valence-electron chi connectivity index (χ0n) is 8.64. The van der Waals surface area contributed by atoms with Crippen LogP contribution in [0, 0.1) is 0 Å². The van der Waals surface area contributed by atoms with E-state index in [2.05, 4.69) is 0 Å². The molecule has 0 amide bonds. The van der Waals surface area contributed by atoms with Crippen LogP contribution in [0.15, 0.2) is 0 Å². The van der Waals surface area contributed by atoms with E-state index < -0.39 is 12.0 Å². The van der Waals surface area contributed by atoms with Gasteiger partial charge in [-0.1, -0.05) is 12.8 Å². The Bertz CT molecular complexity index is 192. The summed E-state index contributed by atoms with van der Waals surface area (Å²) in [6, 6.07) is 0. The van der Waals surface area contributed by atoms with Crippen LogP contribution in [0.5, 0.6) is 0 Å². The van der Waals surface area contributed by atoms with Gasteiger partial charge in [0.2, 0.25) is 0 Å². The molecule has 3 heteroatoms. The highest BCUT2D eigenvalue weighted by Crippen LogP contribution is 2.38. The first kappa shape index (κ1) is 10.3. The standard InChI is InChI=1S/C11H19F2N/c12-10-6-2-3-7-11(10,13)14-8-4-1-5-9-14/h10H,1-9H2. The van der Waals surface area contributed by atoms with Crippen LogP contribution in [-0.2, 0) is 0 Å². The van der Waals surface area contributed by atoms with E-state index in [1.54, 1.807) is 4.90 Å². The summed E-state index contributed by atoms with van der Waals surface area (Å²) >= 11 is 0. The summed E-state index contributed by atoms with van der Waals surface area (Å²) in [6.45, 7) is 1.49. The first-order valence-electron chi connectivity index (χ1n) is 5.81. The van der Waals surface area contributed by atoms with E-state index in [4.69, 9.17) is 0 Å². The molecule has 0 aromatic carbocycles. The Kier molecular flexibility index (Phi) is 3.05. The van der Waals surface area contributed by atoms with E-state index in [9.17, 15) is 8.78 Å². The minimum absolute atomic E-state index is 0.397. The van der Waals surface area contributed by atoms with Gasteiger partial charge in [0.25, 0.3) is 0 Å². The summed E-state index contributed by atoms with van der Waals surface area (Å²) in [7, 11) is 0. The zero-order valence-corrected chi connectivity index (χ0v) is 8.64. The van der Waals surface area contributed by atoms with Crippen molar-refractivity contribution in [2.75, 3.05) is 13.1 Å². The third-order valence-electron chi connectivity index (χ3n) is 3.60. The van der Waals surface area contributed by atoms with Gasteiger partial charge < -0.3 is 0 Å². The fourth-order valence-electron chi connectivity index (χ4n) is 2.70. The van der Waals surface area contributed by atoms with E-state index in [1.807, 2.05) is 0 Å². The molecule has 0 spiro atoms. The number of likely N-dealkylation sites (tertiary alicyclic amines) is 1. The van der Waals surface area contributed by atoms with Gasteiger partial charge in [-0.05, 0) is 32.1 Å². The van der Waals surface area contributed by atoms with Crippen LogP contribution in [0.1, 0.15) is 44.9 Å². The smallest absolute Gasteiger partial charge is 0.195 e. The lowest BCUT2D eigenvalue weighted by Gasteiger charge is -2.43. The van der Waals surface area contributed by atoms with Crippen LogP contribution in [0.4, 0.5) is 8.78 Å². The maximum absolute atomic E-state index is 14.4. The van der Waals surface area contributed by atoms with E-state index >= 15 is 0 Å². The SMILES string of the molecule is FC1CCCCC1(F)N1CCCCC1. The molecule has 2 atom stereocenters. The van der Waals surface area contributed by atoms with Gasteiger partial charge in [-0.15, -0.1) is 0 Å². The minimum atomic E-state index is -1.63. The molecule has 0 N–H and O–H groups in total. The Morgan fingerprint density at radius 3 is 2.36 bits per heavy atom. The Balaban J connectivity index is 2.03. The maximum Gasteiger partial charge on any atom is 0.195 e. The van der Waals surface area contributed by atoms with Crippen LogP contribution in [-0.4, -0.2) is 30.0 Å². The average molecular weight is 203 g/mol. The molecular weight excluding hydrogens is 184 g/mol. The predicted molar refractivity (Wildman–Crippen MR) is 52.6 cm³/mol. The first-order valence-corrected chi connectivity index (χ1v) is 5.81. The van der Waals surface area contributed by atoms with Gasteiger partial charge >= 0.3 is 0 Å². The summed E-state index contributed by atoms with van der Waals surface area (Å²) < 4.78 is 28.0. The second-order valence-corrected chi connectivity index (χ2v) is 4.58. The zero-order chi connectivity index (χ0) is 10.0. The molecule has 2 aliphatic rings. The predicted octanol–water partition coefficient (Wildman–Crippen LogP) is 3.05. The highest BCUT2D eigenvalue weighted by Gasteiger charge is 2.46. The van der Waals surface area contributed by atoms with Gasteiger partial charge in [0, 0.05) is 13.1 Å². The van der Waals surface area contributed by atoms with E-state index in [1.165, 1.54) is 6.42 Å². The molecule has 0 bridgehead atoms. The fraction of sp³-hybridized carbons (Fsp3) is 1.00. The van der Waals surface area contributed by atoms with E-state index in [0.717, 1.165) is 38.8 Å². The summed E-state index contributed by atoms with van der Waals surface area (Å²) in [4.78, 5) is 1.75. The molecule has 1 saturated carbocycles. The Morgan fingerprint density at radius 1 is 1.00 bits per heavy atom. The molecule has 0 aromatic rings. The normalized spacial score (nSPS) is 41.1. The van der Waals surface area contributed by atoms with Gasteiger partial charge in [-0.3, -0.25) is 4.90 Å². The van der Waals surface area contributed by atoms with Crippen molar-refractivity contribution in [3.63, 3.8) is 0 Å². The van der Waals surface area contributed by atoms with Crippen LogP contribution in [0.3, 0.4) is 0 Å². The van der Waals surface area contributed by atoms with Gasteiger partial charge in [-0.25, -0.2) is 8.78 Å². The number of hydrogen-bond acceptors (Lipinski definition) is 1. The van der Waals surface area contributed by atoms with Gasteiger partial charge in [0.1, 0.15) is 6.17 Å². The maximum atomic E-state index is 14.4. The molecule has 1 heterocycles. The summed E-state index contributed by atoms with van der Waals surface area (Å²) in [6.07, 6.45) is 4.46. The lowest BCUT2D eigenvalue weighted by atomic mass is 9.88. The number of alkyl halides is 2. The van der Waals surface area contributed by atoms with E-state index in [-0.39, 0.29) is 0 Å². The number of nitrogens with zero attached hydrogens (tertiary/aromatic N) is 1. The number of hydrogen-bond donors (Lipinski definition) is 0. The van der Waals surface area contributed by atoms with Crippen LogP contribution in [0.2, 0.25) is 0 Å². The van der Waals surface area contributed by atoms with Crippen molar-refractivity contribution in [1.82, 2.24) is 4.90 Å². The van der Waals surface area contributed by atoms with Crippen molar-refractivity contribution in [3.8, 4) is 0 Å². The Hall–Kier alpha value is -0.180. The fourth-order valence-corrected chi connectivity index (χ4v) is 2.70. The van der Waals surface area contributed by atoms with Crippen LogP contribution < -0.4 is 0 Å². The molecule has 1 aliphatic carbocycles. The van der Waals surface area contributed by atoms with Crippen molar-refractivity contribution in [2.45, 2.75) is 56.9 Å². The molecule has 1 nitrogen and oxygen atoms in total. The molecule has 2 unspecified atom stereocenters. The quantitative estimate of drug-likeness (QED) is 0.592. The van der Waals surface area contributed by atoms with Crippen LogP contribution >= 0.6 is 0 Å². The topological polar surface area (TPSA) is 3.24 Å². The summed E-state index contributed by atoms with van der Waals surface area (Å²) in [5.74, 6) is -1.63. The molecule has 1 saturated heterocycles. The summed E-state index contributed by atoms with van der Waals surface area (Å²) in [5.41, 5.74) is 0. The number of piperidine rings is 1. The molecule has 2 rings (SSSR count). The molecule has 14 heavy (non-hydrogen) atoms. The highest BCUT2D eigenvalue weighted by molar-refractivity contribution is 4.92. The Labute approximate surface area is 84.5 Å². The van der Waals surface area contributed by atoms with Crippen molar-refractivity contribution in [3.05, 3.63) is 0 Å². The van der Waals surface area contributed by atoms with Gasteiger partial charge in [0.05, 0.1) is 0 Å². The lowest BCUT2D eigenvalue weighted by Crippen LogP contribution is -2.55. The van der Waals surface area contributed by atoms with Crippen molar-refractivity contribution >= 4 is 0 Å². The van der Waals surface area contributed by atoms with Crippen LogP contribution in [0.25, 0.3) is 0 Å².